The fourth-order valence-electron chi connectivity index (χ4n) is 3.59. The molecule has 1 aromatic heterocycles. The summed E-state index contributed by atoms with van der Waals surface area (Å²) >= 11 is 0. The Morgan fingerprint density at radius 2 is 1.70 bits per heavy atom. The second kappa shape index (κ2) is 7.43. The zero-order valence-corrected chi connectivity index (χ0v) is 15.8. The molecule has 156 valence electrons. The molecule has 1 aliphatic carbocycles. The maximum Gasteiger partial charge on any atom is 0.325 e. The molecular formula is C20H18F2N4O4. The van der Waals surface area contributed by atoms with Crippen molar-refractivity contribution in [3.05, 3.63) is 48.3 Å². The summed E-state index contributed by atoms with van der Waals surface area (Å²) in [7, 11) is 0. The Labute approximate surface area is 170 Å². The van der Waals surface area contributed by atoms with E-state index in [1.807, 2.05) is 0 Å². The molecule has 2 aliphatic rings. The Bertz CT molecular complexity index is 972. The molecule has 1 N–H and O–H groups in total. The minimum atomic E-state index is -2.84. The molecule has 2 aromatic rings. The first kappa shape index (κ1) is 19.9. The highest BCUT2D eigenvalue weighted by atomic mass is 19.3. The number of amides is 3. The van der Waals surface area contributed by atoms with Gasteiger partial charge < -0.3 is 10.1 Å². The van der Waals surface area contributed by atoms with Gasteiger partial charge in [-0.3, -0.25) is 14.5 Å². The normalized spacial score (nSPS) is 19.6. The molecule has 3 amide bonds. The monoisotopic (exact) mass is 416 g/mol. The second-order valence-electron chi connectivity index (χ2n) is 7.34. The predicted molar refractivity (Wildman–Crippen MR) is 99.3 cm³/mol. The van der Waals surface area contributed by atoms with Crippen molar-refractivity contribution in [2.24, 2.45) is 0 Å². The number of hydrogen-bond acceptors (Lipinski definition) is 6. The summed E-state index contributed by atoms with van der Waals surface area (Å²) in [6.45, 7) is -0.467. The maximum absolute atomic E-state index is 13.5. The summed E-state index contributed by atoms with van der Waals surface area (Å²) in [5.74, 6) is -3.51. The Kier molecular flexibility index (Phi) is 4.92. The number of nitrogens with zero attached hydrogens (tertiary/aromatic N) is 3. The van der Waals surface area contributed by atoms with Gasteiger partial charge in [-0.05, 0) is 43.2 Å². The lowest BCUT2D eigenvalue weighted by Crippen LogP contribution is -2.51. The van der Waals surface area contributed by atoms with Crippen molar-refractivity contribution in [1.29, 1.82) is 0 Å². The molecule has 1 aromatic carbocycles. The van der Waals surface area contributed by atoms with Gasteiger partial charge >= 0.3 is 12.0 Å². The number of hydrogen-bond donors (Lipinski definition) is 1. The van der Waals surface area contributed by atoms with E-state index in [1.165, 1.54) is 24.5 Å². The van der Waals surface area contributed by atoms with Gasteiger partial charge in [0.15, 0.2) is 5.78 Å². The Balaban J connectivity index is 1.41. The second-order valence-corrected chi connectivity index (χ2v) is 7.34. The number of imide groups is 1. The van der Waals surface area contributed by atoms with Crippen LogP contribution in [-0.4, -0.2) is 50.6 Å². The maximum atomic E-state index is 13.5. The Morgan fingerprint density at radius 1 is 1.07 bits per heavy atom. The quantitative estimate of drug-likeness (QED) is 0.594. The first-order chi connectivity index (χ1) is 14.3. The van der Waals surface area contributed by atoms with Crippen LogP contribution in [0.1, 0.15) is 36.0 Å². The molecule has 1 aliphatic heterocycles. The number of rotatable bonds is 5. The molecule has 0 atom stereocenters. The third kappa shape index (κ3) is 3.85. The standard InChI is InChI=1S/C20H18F2N4O4/c21-20(22)8-6-19(7-9-20)16(28)26(18(29)25-19)12-15(27)13-2-4-14(5-3-13)30-17-23-10-1-11-24-17/h1-5,10-11H,6-9,12H2,(H,25,29). The zero-order chi connectivity index (χ0) is 21.4. The highest BCUT2D eigenvalue weighted by Gasteiger charge is 2.55. The number of ether oxygens (including phenoxy) is 1. The highest BCUT2D eigenvalue weighted by Crippen LogP contribution is 2.41. The van der Waals surface area contributed by atoms with Crippen molar-refractivity contribution in [3.8, 4) is 11.8 Å². The van der Waals surface area contributed by atoms with Gasteiger partial charge in [0, 0.05) is 30.8 Å². The van der Waals surface area contributed by atoms with E-state index >= 15 is 0 Å². The molecule has 1 saturated heterocycles. The average Bonchev–Trinajstić information content (AvgIpc) is 2.96. The summed E-state index contributed by atoms with van der Waals surface area (Å²) in [5.41, 5.74) is -1.07. The van der Waals surface area contributed by atoms with E-state index in [0.717, 1.165) is 4.90 Å². The molecule has 2 fully saturated rings. The molecule has 4 rings (SSSR count). The number of halogens is 2. The third-order valence-electron chi connectivity index (χ3n) is 5.31. The number of carbonyl (C=O) groups is 3. The van der Waals surface area contributed by atoms with Gasteiger partial charge in [0.05, 0.1) is 6.54 Å². The van der Waals surface area contributed by atoms with Gasteiger partial charge in [-0.1, -0.05) is 0 Å². The van der Waals surface area contributed by atoms with Gasteiger partial charge in [-0.15, -0.1) is 0 Å². The smallest absolute Gasteiger partial charge is 0.325 e. The van der Waals surface area contributed by atoms with Crippen LogP contribution < -0.4 is 10.1 Å². The van der Waals surface area contributed by atoms with Crippen LogP contribution in [0.5, 0.6) is 11.8 Å². The molecule has 0 radical (unpaired) electrons. The van der Waals surface area contributed by atoms with Crippen LogP contribution in [0.2, 0.25) is 0 Å². The van der Waals surface area contributed by atoms with Gasteiger partial charge in [0.1, 0.15) is 11.3 Å². The van der Waals surface area contributed by atoms with Crippen molar-refractivity contribution in [1.82, 2.24) is 20.2 Å². The molecule has 1 saturated carbocycles. The summed E-state index contributed by atoms with van der Waals surface area (Å²) < 4.78 is 32.4. The number of ketones is 1. The van der Waals surface area contributed by atoms with Crippen LogP contribution in [0, 0.1) is 0 Å². The Hall–Kier alpha value is -3.43. The number of Topliss-reactive ketones (excluding diaryl/α,β-unsaturated/α-hetero) is 1. The molecule has 2 heterocycles. The van der Waals surface area contributed by atoms with Crippen LogP contribution in [-0.2, 0) is 4.79 Å². The molecule has 1 spiro atoms. The van der Waals surface area contributed by atoms with Crippen LogP contribution in [0.3, 0.4) is 0 Å². The van der Waals surface area contributed by atoms with Crippen molar-refractivity contribution in [2.45, 2.75) is 37.1 Å². The minimum absolute atomic E-state index is 0.150. The number of nitrogens with one attached hydrogen (secondary N) is 1. The lowest BCUT2D eigenvalue weighted by Gasteiger charge is -2.34. The molecular weight excluding hydrogens is 398 g/mol. The number of urea groups is 1. The van der Waals surface area contributed by atoms with E-state index in [-0.39, 0.29) is 24.4 Å². The third-order valence-corrected chi connectivity index (χ3v) is 5.31. The number of benzene rings is 1. The number of carbonyl (C=O) groups excluding carboxylic acids is 3. The van der Waals surface area contributed by atoms with Crippen LogP contribution in [0.4, 0.5) is 13.6 Å². The topological polar surface area (TPSA) is 101 Å². The van der Waals surface area contributed by atoms with E-state index in [2.05, 4.69) is 15.3 Å². The summed E-state index contributed by atoms with van der Waals surface area (Å²) in [6.07, 6.45) is 1.80. The Morgan fingerprint density at radius 3 is 2.33 bits per heavy atom. The zero-order valence-electron chi connectivity index (χ0n) is 15.8. The van der Waals surface area contributed by atoms with Gasteiger partial charge in [0.25, 0.3) is 5.91 Å². The van der Waals surface area contributed by atoms with Gasteiger partial charge in [-0.2, -0.15) is 0 Å². The first-order valence-corrected chi connectivity index (χ1v) is 9.38. The summed E-state index contributed by atoms with van der Waals surface area (Å²) in [5, 5.41) is 2.52. The largest absolute Gasteiger partial charge is 0.424 e. The van der Waals surface area contributed by atoms with Crippen LogP contribution in [0.15, 0.2) is 42.7 Å². The lowest BCUT2D eigenvalue weighted by atomic mass is 9.80. The minimum Gasteiger partial charge on any atom is -0.424 e. The fraction of sp³-hybridized carbons (Fsp3) is 0.350. The van der Waals surface area contributed by atoms with E-state index in [4.69, 9.17) is 4.74 Å². The van der Waals surface area contributed by atoms with Crippen molar-refractivity contribution < 1.29 is 27.9 Å². The first-order valence-electron chi connectivity index (χ1n) is 9.38. The highest BCUT2D eigenvalue weighted by molar-refractivity contribution is 6.11. The lowest BCUT2D eigenvalue weighted by molar-refractivity contribution is -0.135. The average molecular weight is 416 g/mol. The van der Waals surface area contributed by atoms with E-state index in [0.29, 0.717) is 5.75 Å². The number of aromatic nitrogens is 2. The predicted octanol–water partition coefficient (Wildman–Crippen LogP) is 2.95. The summed E-state index contributed by atoms with van der Waals surface area (Å²) in [6, 6.07) is 7.14. The van der Waals surface area contributed by atoms with Gasteiger partial charge in [0.2, 0.25) is 5.92 Å². The van der Waals surface area contributed by atoms with Crippen molar-refractivity contribution in [3.63, 3.8) is 0 Å². The molecule has 10 heteroatoms. The molecule has 8 nitrogen and oxygen atoms in total. The van der Waals surface area contributed by atoms with Crippen LogP contribution >= 0.6 is 0 Å². The van der Waals surface area contributed by atoms with Crippen molar-refractivity contribution in [2.75, 3.05) is 6.54 Å². The van der Waals surface area contributed by atoms with Gasteiger partial charge in [-0.25, -0.2) is 23.5 Å². The van der Waals surface area contributed by atoms with E-state index in [1.54, 1.807) is 18.2 Å². The molecule has 30 heavy (non-hydrogen) atoms. The van der Waals surface area contributed by atoms with Crippen LogP contribution in [0.25, 0.3) is 0 Å². The number of alkyl halides is 2. The van der Waals surface area contributed by atoms with E-state index in [9.17, 15) is 23.2 Å². The van der Waals surface area contributed by atoms with Crippen molar-refractivity contribution >= 4 is 17.7 Å². The molecule has 0 unspecified atom stereocenters. The van der Waals surface area contributed by atoms with E-state index < -0.39 is 48.6 Å². The SMILES string of the molecule is O=C(CN1C(=O)NC2(CCC(F)(F)CC2)C1=O)c1ccc(Oc2ncccn2)cc1. The molecule has 0 bridgehead atoms. The fourth-order valence-corrected chi connectivity index (χ4v) is 3.59. The summed E-state index contributed by atoms with van der Waals surface area (Å²) in [4.78, 5) is 46.2.